The van der Waals surface area contributed by atoms with Crippen molar-refractivity contribution in [3.63, 3.8) is 0 Å². The van der Waals surface area contributed by atoms with Crippen molar-refractivity contribution in [2.45, 2.75) is 0 Å². The second-order valence-corrected chi connectivity index (χ2v) is 13.2. The van der Waals surface area contributed by atoms with Crippen LogP contribution in [0.4, 0.5) is 34.1 Å². The van der Waals surface area contributed by atoms with Gasteiger partial charge in [-0.2, -0.15) is 0 Å². The standard InChI is InChI=1S/C46H32N2S/c1-5-17-33(18-6-1)39-26-15-16-28-42(39)48(37-24-11-4-12-25-37)43-32-38(47(35-20-7-2-8-21-35)36-22-9-3-10-23-36)31-41-45-40-27-14-13-19-34(40)29-30-44(45)49-46(41)43/h1-32H. The van der Waals surface area contributed by atoms with Crippen LogP contribution in [0.1, 0.15) is 0 Å². The van der Waals surface area contributed by atoms with Crippen molar-refractivity contribution >= 4 is 76.4 Å². The maximum absolute atomic E-state index is 2.46. The smallest absolute Gasteiger partial charge is 0.0661 e. The second-order valence-electron chi connectivity index (χ2n) is 12.2. The van der Waals surface area contributed by atoms with Gasteiger partial charge in [-0.3, -0.25) is 0 Å². The lowest BCUT2D eigenvalue weighted by atomic mass is 10.00. The molecule has 0 unspecified atom stereocenters. The van der Waals surface area contributed by atoms with Gasteiger partial charge in [0.15, 0.2) is 0 Å². The Morgan fingerprint density at radius 3 is 1.59 bits per heavy atom. The third-order valence-electron chi connectivity index (χ3n) is 9.20. The Morgan fingerprint density at radius 2 is 0.918 bits per heavy atom. The molecule has 0 aliphatic rings. The molecule has 0 radical (unpaired) electrons. The Labute approximate surface area is 290 Å². The molecule has 0 saturated carbocycles. The van der Waals surface area contributed by atoms with E-state index >= 15 is 0 Å². The summed E-state index contributed by atoms with van der Waals surface area (Å²) in [7, 11) is 0. The number of thiophene rings is 1. The third kappa shape index (κ3) is 5.22. The molecule has 0 fully saturated rings. The average molecular weight is 645 g/mol. The van der Waals surface area contributed by atoms with E-state index in [-0.39, 0.29) is 0 Å². The molecule has 49 heavy (non-hydrogen) atoms. The predicted molar refractivity (Wildman–Crippen MR) is 212 cm³/mol. The topological polar surface area (TPSA) is 6.48 Å². The van der Waals surface area contributed by atoms with Crippen LogP contribution in [0.3, 0.4) is 0 Å². The van der Waals surface area contributed by atoms with E-state index in [4.69, 9.17) is 0 Å². The van der Waals surface area contributed by atoms with E-state index in [2.05, 4.69) is 204 Å². The maximum atomic E-state index is 2.46. The molecule has 1 aromatic heterocycles. The highest BCUT2D eigenvalue weighted by Crippen LogP contribution is 2.51. The summed E-state index contributed by atoms with van der Waals surface area (Å²) in [6.45, 7) is 0. The second kappa shape index (κ2) is 12.5. The van der Waals surface area contributed by atoms with E-state index in [0.29, 0.717) is 0 Å². The fourth-order valence-electron chi connectivity index (χ4n) is 7.03. The van der Waals surface area contributed by atoms with Crippen LogP contribution in [-0.4, -0.2) is 0 Å². The first kappa shape index (κ1) is 29.0. The van der Waals surface area contributed by atoms with Crippen molar-refractivity contribution in [2.75, 3.05) is 9.80 Å². The molecule has 9 aromatic rings. The van der Waals surface area contributed by atoms with Crippen molar-refractivity contribution in [2.24, 2.45) is 0 Å². The van der Waals surface area contributed by atoms with E-state index in [1.54, 1.807) is 0 Å². The number of hydrogen-bond acceptors (Lipinski definition) is 3. The first-order valence-corrected chi connectivity index (χ1v) is 17.4. The van der Waals surface area contributed by atoms with Crippen LogP contribution in [0.2, 0.25) is 0 Å². The lowest BCUT2D eigenvalue weighted by Crippen LogP contribution is -2.14. The van der Waals surface area contributed by atoms with Gasteiger partial charge in [-0.15, -0.1) is 11.3 Å². The van der Waals surface area contributed by atoms with E-state index in [1.165, 1.54) is 42.1 Å². The molecule has 0 aliphatic heterocycles. The lowest BCUT2D eigenvalue weighted by Gasteiger charge is -2.31. The van der Waals surface area contributed by atoms with Crippen LogP contribution in [0, 0.1) is 0 Å². The summed E-state index contributed by atoms with van der Waals surface area (Å²) in [5.74, 6) is 0. The van der Waals surface area contributed by atoms with Gasteiger partial charge < -0.3 is 9.80 Å². The highest BCUT2D eigenvalue weighted by molar-refractivity contribution is 7.26. The van der Waals surface area contributed by atoms with Crippen molar-refractivity contribution in [1.29, 1.82) is 0 Å². The molecule has 0 aliphatic carbocycles. The van der Waals surface area contributed by atoms with Crippen molar-refractivity contribution < 1.29 is 0 Å². The molecule has 2 nitrogen and oxygen atoms in total. The largest absolute Gasteiger partial charge is 0.310 e. The fraction of sp³-hybridized carbons (Fsp3) is 0. The zero-order valence-corrected chi connectivity index (χ0v) is 27.6. The monoisotopic (exact) mass is 644 g/mol. The molecule has 0 saturated heterocycles. The normalized spacial score (nSPS) is 11.3. The Kier molecular flexibility index (Phi) is 7.38. The molecule has 3 heteroatoms. The zero-order chi connectivity index (χ0) is 32.6. The molecular weight excluding hydrogens is 613 g/mol. The van der Waals surface area contributed by atoms with Crippen LogP contribution in [-0.2, 0) is 0 Å². The Hall–Kier alpha value is -6.16. The minimum Gasteiger partial charge on any atom is -0.310 e. The van der Waals surface area contributed by atoms with Gasteiger partial charge in [-0.25, -0.2) is 0 Å². The molecule has 0 N–H and O–H groups in total. The number of nitrogens with zero attached hydrogens (tertiary/aromatic N) is 2. The molecule has 9 rings (SSSR count). The fourth-order valence-corrected chi connectivity index (χ4v) is 8.23. The van der Waals surface area contributed by atoms with Gasteiger partial charge in [-0.1, -0.05) is 133 Å². The van der Waals surface area contributed by atoms with Crippen LogP contribution < -0.4 is 9.80 Å². The van der Waals surface area contributed by atoms with Gasteiger partial charge in [0.2, 0.25) is 0 Å². The minimum atomic E-state index is 1.10. The van der Waals surface area contributed by atoms with E-state index in [9.17, 15) is 0 Å². The number of fused-ring (bicyclic) bond motifs is 5. The molecule has 0 atom stereocenters. The van der Waals surface area contributed by atoms with Crippen LogP contribution in [0.15, 0.2) is 194 Å². The van der Waals surface area contributed by atoms with Gasteiger partial charge in [0, 0.05) is 43.8 Å². The molecule has 0 bridgehead atoms. The van der Waals surface area contributed by atoms with Gasteiger partial charge in [-0.05, 0) is 77.0 Å². The molecule has 8 aromatic carbocycles. The third-order valence-corrected chi connectivity index (χ3v) is 10.4. The van der Waals surface area contributed by atoms with E-state index < -0.39 is 0 Å². The van der Waals surface area contributed by atoms with Crippen molar-refractivity contribution in [3.8, 4) is 11.1 Å². The molecule has 1 heterocycles. The summed E-state index contributed by atoms with van der Waals surface area (Å²) in [6.07, 6.45) is 0. The molecule has 232 valence electrons. The summed E-state index contributed by atoms with van der Waals surface area (Å²) in [6, 6.07) is 69.8. The Balaban J connectivity index is 1.42. The number of benzene rings is 8. The predicted octanol–water partition coefficient (Wildman–Crippen LogP) is 13.8. The van der Waals surface area contributed by atoms with Gasteiger partial charge >= 0.3 is 0 Å². The van der Waals surface area contributed by atoms with Crippen molar-refractivity contribution in [1.82, 2.24) is 0 Å². The zero-order valence-electron chi connectivity index (χ0n) is 26.8. The summed E-state index contributed by atoms with van der Waals surface area (Å²) >= 11 is 1.87. The summed E-state index contributed by atoms with van der Waals surface area (Å²) in [5, 5.41) is 5.07. The molecule has 0 amide bonds. The molecule has 0 spiro atoms. The van der Waals surface area contributed by atoms with Gasteiger partial charge in [0.25, 0.3) is 0 Å². The average Bonchev–Trinajstić information content (AvgIpc) is 3.56. The summed E-state index contributed by atoms with van der Waals surface area (Å²) in [5.41, 5.74) is 9.07. The summed E-state index contributed by atoms with van der Waals surface area (Å²) in [4.78, 5) is 4.84. The van der Waals surface area contributed by atoms with Crippen LogP contribution in [0.5, 0.6) is 0 Å². The molecular formula is C46H32N2S. The van der Waals surface area contributed by atoms with Crippen LogP contribution >= 0.6 is 11.3 Å². The Bertz CT molecular complexity index is 2500. The Morgan fingerprint density at radius 1 is 0.367 bits per heavy atom. The van der Waals surface area contributed by atoms with Gasteiger partial charge in [0.05, 0.1) is 16.1 Å². The first-order chi connectivity index (χ1) is 24.3. The van der Waals surface area contributed by atoms with Crippen LogP contribution in [0.25, 0.3) is 42.1 Å². The maximum Gasteiger partial charge on any atom is 0.0661 e. The minimum absolute atomic E-state index is 1.10. The van der Waals surface area contributed by atoms with E-state index in [1.807, 2.05) is 11.3 Å². The van der Waals surface area contributed by atoms with Crippen molar-refractivity contribution in [3.05, 3.63) is 194 Å². The quantitative estimate of drug-likeness (QED) is 0.170. The lowest BCUT2D eigenvalue weighted by molar-refractivity contribution is 1.26. The number of anilines is 6. The first-order valence-electron chi connectivity index (χ1n) is 16.6. The van der Waals surface area contributed by atoms with E-state index in [0.717, 1.165) is 34.1 Å². The number of rotatable bonds is 7. The highest BCUT2D eigenvalue weighted by Gasteiger charge is 2.24. The number of hydrogen-bond donors (Lipinski definition) is 0. The van der Waals surface area contributed by atoms with Gasteiger partial charge in [0.1, 0.15) is 0 Å². The summed E-state index contributed by atoms with van der Waals surface area (Å²) < 4.78 is 2.53. The SMILES string of the molecule is c1ccc(-c2ccccc2N(c2ccccc2)c2cc(N(c3ccccc3)c3ccccc3)cc3c2sc2ccc4ccccc4c23)cc1. The highest BCUT2D eigenvalue weighted by atomic mass is 32.1. The number of para-hydroxylation sites is 4.